The Kier molecular flexibility index (Phi) is 6.93. The molecule has 1 aromatic carbocycles. The SMILES string of the molecule is C[CH]C(C1CCN(Cc2ccccc2-n2cccc2)CC1)N(CC)CC. The van der Waals surface area contributed by atoms with E-state index >= 15 is 0 Å². The maximum Gasteiger partial charge on any atom is 0.0494 e. The van der Waals surface area contributed by atoms with E-state index in [2.05, 4.69) is 90.4 Å². The molecule has 141 valence electrons. The standard InChI is InChI=1S/C23H34N3/c1-4-22(25(5-2)6-3)20-13-17-24(18-14-20)19-21-11-7-8-12-23(21)26-15-9-10-16-26/h4,7-12,15-16,20,22H,5-6,13-14,17-19H2,1-3H3. The quantitative estimate of drug-likeness (QED) is 0.686. The summed E-state index contributed by atoms with van der Waals surface area (Å²) in [5.41, 5.74) is 2.73. The molecule has 3 nitrogen and oxygen atoms in total. The third kappa shape index (κ3) is 4.39. The highest BCUT2D eigenvalue weighted by Gasteiger charge is 2.28. The highest BCUT2D eigenvalue weighted by Crippen LogP contribution is 2.27. The lowest BCUT2D eigenvalue weighted by Gasteiger charge is -2.40. The van der Waals surface area contributed by atoms with E-state index in [4.69, 9.17) is 0 Å². The molecule has 3 heteroatoms. The number of hydrogen-bond acceptors (Lipinski definition) is 2. The molecule has 1 aromatic heterocycles. The molecule has 0 N–H and O–H groups in total. The molecule has 1 atom stereocenters. The molecule has 26 heavy (non-hydrogen) atoms. The topological polar surface area (TPSA) is 11.4 Å². The zero-order valence-corrected chi connectivity index (χ0v) is 16.6. The summed E-state index contributed by atoms with van der Waals surface area (Å²) in [4.78, 5) is 5.25. The van der Waals surface area contributed by atoms with Gasteiger partial charge in [-0.25, -0.2) is 0 Å². The summed E-state index contributed by atoms with van der Waals surface area (Å²) in [6, 6.07) is 13.6. The minimum absolute atomic E-state index is 0.638. The number of piperidine rings is 1. The Morgan fingerprint density at radius 1 is 1.04 bits per heavy atom. The van der Waals surface area contributed by atoms with Gasteiger partial charge < -0.3 is 9.47 Å². The summed E-state index contributed by atoms with van der Waals surface area (Å²) in [6.45, 7) is 12.6. The molecule has 0 amide bonds. The molecule has 0 aliphatic carbocycles. The van der Waals surface area contributed by atoms with Gasteiger partial charge in [-0.15, -0.1) is 0 Å². The van der Waals surface area contributed by atoms with E-state index in [1.54, 1.807) is 0 Å². The summed E-state index contributed by atoms with van der Waals surface area (Å²) >= 11 is 0. The van der Waals surface area contributed by atoms with Gasteiger partial charge >= 0.3 is 0 Å². The molecule has 1 saturated heterocycles. The maximum atomic E-state index is 2.63. The Morgan fingerprint density at radius 2 is 1.69 bits per heavy atom. The molecule has 1 unspecified atom stereocenters. The van der Waals surface area contributed by atoms with Crippen LogP contribution in [0.3, 0.4) is 0 Å². The molecule has 2 heterocycles. The van der Waals surface area contributed by atoms with Crippen molar-refractivity contribution in [3.63, 3.8) is 0 Å². The van der Waals surface area contributed by atoms with Crippen LogP contribution in [0.2, 0.25) is 0 Å². The number of aromatic nitrogens is 1. The molecule has 3 rings (SSSR count). The van der Waals surface area contributed by atoms with Gasteiger partial charge in [-0.2, -0.15) is 0 Å². The van der Waals surface area contributed by atoms with E-state index in [-0.39, 0.29) is 0 Å². The van der Waals surface area contributed by atoms with Crippen LogP contribution in [0, 0.1) is 12.3 Å². The number of rotatable bonds is 8. The fourth-order valence-electron chi connectivity index (χ4n) is 4.51. The van der Waals surface area contributed by atoms with E-state index < -0.39 is 0 Å². The zero-order chi connectivity index (χ0) is 18.4. The number of nitrogens with zero attached hydrogens (tertiary/aromatic N) is 3. The fraction of sp³-hybridized carbons (Fsp3) is 0.522. The van der Waals surface area contributed by atoms with Gasteiger partial charge in [-0.3, -0.25) is 4.90 Å². The van der Waals surface area contributed by atoms with Gasteiger partial charge in [0.2, 0.25) is 0 Å². The highest BCUT2D eigenvalue weighted by molar-refractivity contribution is 5.41. The van der Waals surface area contributed by atoms with Crippen LogP contribution in [0.1, 0.15) is 39.2 Å². The van der Waals surface area contributed by atoms with Crippen LogP contribution in [-0.4, -0.2) is 46.6 Å². The molecule has 0 saturated carbocycles. The molecule has 1 aliphatic heterocycles. The van der Waals surface area contributed by atoms with Crippen LogP contribution in [0.5, 0.6) is 0 Å². The first-order chi connectivity index (χ1) is 12.8. The van der Waals surface area contributed by atoms with Gasteiger partial charge in [0.25, 0.3) is 0 Å². The maximum absolute atomic E-state index is 2.63. The predicted octanol–water partition coefficient (Wildman–Crippen LogP) is 4.62. The Balaban J connectivity index is 1.61. The minimum Gasteiger partial charge on any atom is -0.324 e. The first kappa shape index (κ1) is 19.2. The van der Waals surface area contributed by atoms with Gasteiger partial charge in [0, 0.05) is 30.7 Å². The third-order valence-corrected chi connectivity index (χ3v) is 5.96. The molecular formula is C23H34N3. The molecule has 0 bridgehead atoms. The van der Waals surface area contributed by atoms with Gasteiger partial charge in [0.1, 0.15) is 0 Å². The number of para-hydroxylation sites is 1. The molecule has 0 spiro atoms. The van der Waals surface area contributed by atoms with Gasteiger partial charge in [0.05, 0.1) is 0 Å². The van der Waals surface area contributed by atoms with E-state index in [1.165, 1.54) is 37.2 Å². The summed E-state index contributed by atoms with van der Waals surface area (Å²) < 4.78 is 2.23. The molecule has 1 radical (unpaired) electrons. The van der Waals surface area contributed by atoms with Gasteiger partial charge in [-0.1, -0.05) is 39.0 Å². The second kappa shape index (κ2) is 9.38. The van der Waals surface area contributed by atoms with Crippen molar-refractivity contribution in [2.75, 3.05) is 26.2 Å². The van der Waals surface area contributed by atoms with Crippen LogP contribution < -0.4 is 0 Å². The van der Waals surface area contributed by atoms with Crippen molar-refractivity contribution in [1.82, 2.24) is 14.4 Å². The first-order valence-corrected chi connectivity index (χ1v) is 10.2. The lowest BCUT2D eigenvalue weighted by Crippen LogP contribution is -2.45. The second-order valence-electron chi connectivity index (χ2n) is 7.38. The Labute approximate surface area is 159 Å². The Bertz CT molecular complexity index is 637. The number of likely N-dealkylation sites (tertiary alicyclic amines) is 1. The van der Waals surface area contributed by atoms with Crippen molar-refractivity contribution in [1.29, 1.82) is 0 Å². The van der Waals surface area contributed by atoms with Crippen LogP contribution in [0.15, 0.2) is 48.8 Å². The summed E-state index contributed by atoms with van der Waals surface area (Å²) in [5, 5.41) is 0. The van der Waals surface area contributed by atoms with Crippen LogP contribution in [0.4, 0.5) is 0 Å². The van der Waals surface area contributed by atoms with E-state index in [1.807, 2.05) is 0 Å². The van der Waals surface area contributed by atoms with Crippen LogP contribution in [0.25, 0.3) is 5.69 Å². The zero-order valence-electron chi connectivity index (χ0n) is 16.6. The minimum atomic E-state index is 0.638. The molecular weight excluding hydrogens is 318 g/mol. The molecule has 1 aliphatic rings. The van der Waals surface area contributed by atoms with Crippen molar-refractivity contribution in [3.8, 4) is 5.69 Å². The average Bonchev–Trinajstić information content (AvgIpc) is 3.22. The van der Waals surface area contributed by atoms with E-state index in [0.29, 0.717) is 6.04 Å². The van der Waals surface area contributed by atoms with Crippen LogP contribution >= 0.6 is 0 Å². The van der Waals surface area contributed by atoms with E-state index in [9.17, 15) is 0 Å². The number of benzene rings is 1. The fourth-order valence-corrected chi connectivity index (χ4v) is 4.51. The summed E-state index contributed by atoms with van der Waals surface area (Å²) in [7, 11) is 0. The number of hydrogen-bond donors (Lipinski definition) is 0. The summed E-state index contributed by atoms with van der Waals surface area (Å²) in [6.07, 6.45) is 9.30. The van der Waals surface area contributed by atoms with Crippen molar-refractivity contribution in [2.24, 2.45) is 5.92 Å². The van der Waals surface area contributed by atoms with E-state index in [0.717, 1.165) is 25.6 Å². The van der Waals surface area contributed by atoms with Crippen molar-refractivity contribution < 1.29 is 0 Å². The molecule has 2 aromatic rings. The Morgan fingerprint density at radius 3 is 2.31 bits per heavy atom. The lowest BCUT2D eigenvalue weighted by molar-refractivity contribution is 0.106. The average molecular weight is 353 g/mol. The van der Waals surface area contributed by atoms with Gasteiger partial charge in [0.15, 0.2) is 0 Å². The monoisotopic (exact) mass is 352 g/mol. The lowest BCUT2D eigenvalue weighted by atomic mass is 9.86. The smallest absolute Gasteiger partial charge is 0.0494 e. The summed E-state index contributed by atoms with van der Waals surface area (Å²) in [5.74, 6) is 0.802. The first-order valence-electron chi connectivity index (χ1n) is 10.2. The van der Waals surface area contributed by atoms with Crippen molar-refractivity contribution in [2.45, 2.75) is 46.2 Å². The highest BCUT2D eigenvalue weighted by atomic mass is 15.2. The van der Waals surface area contributed by atoms with Gasteiger partial charge in [-0.05, 0) is 75.1 Å². The van der Waals surface area contributed by atoms with Crippen molar-refractivity contribution in [3.05, 3.63) is 60.8 Å². The molecule has 1 fully saturated rings. The normalized spacial score (nSPS) is 17.7. The van der Waals surface area contributed by atoms with Crippen molar-refractivity contribution >= 4 is 0 Å². The largest absolute Gasteiger partial charge is 0.324 e. The second-order valence-corrected chi connectivity index (χ2v) is 7.38. The Hall–Kier alpha value is -1.58. The van der Waals surface area contributed by atoms with Crippen LogP contribution in [-0.2, 0) is 6.54 Å². The predicted molar refractivity (Wildman–Crippen MR) is 110 cm³/mol. The third-order valence-electron chi connectivity index (χ3n) is 5.96.